The maximum absolute atomic E-state index is 12.1. The number of aromatic nitrogens is 1. The minimum absolute atomic E-state index is 0.0511. The summed E-state index contributed by atoms with van der Waals surface area (Å²) in [7, 11) is 1.50. The van der Waals surface area contributed by atoms with Crippen molar-refractivity contribution in [2.45, 2.75) is 13.8 Å². The maximum Gasteiger partial charge on any atom is 0.274 e. The number of hydrogen-bond donors (Lipinski definition) is 3. The fourth-order valence-electron chi connectivity index (χ4n) is 2.45. The lowest BCUT2D eigenvalue weighted by Gasteiger charge is -2.18. The summed E-state index contributed by atoms with van der Waals surface area (Å²) in [5.41, 5.74) is 6.59. The molecular weight excluding hydrogens is 342 g/mol. The van der Waals surface area contributed by atoms with Crippen LogP contribution in [0.4, 0.5) is 0 Å². The van der Waals surface area contributed by atoms with E-state index in [0.29, 0.717) is 23.1 Å². The number of amides is 1. The quantitative estimate of drug-likeness (QED) is 0.517. The number of ether oxygens (including phenoxy) is 1. The van der Waals surface area contributed by atoms with E-state index in [-0.39, 0.29) is 11.9 Å². The molecule has 1 amide bonds. The third kappa shape index (κ3) is 4.87. The minimum atomic E-state index is -0.376. The third-order valence-corrected chi connectivity index (χ3v) is 4.27. The van der Waals surface area contributed by atoms with Crippen LogP contribution in [0.3, 0.4) is 0 Å². The first-order valence-electron chi connectivity index (χ1n) is 8.19. The lowest BCUT2D eigenvalue weighted by Crippen LogP contribution is -2.36. The minimum Gasteiger partial charge on any atom is -0.492 e. The Kier molecular flexibility index (Phi) is 6.66. The Bertz CT molecular complexity index is 768. The zero-order valence-electron chi connectivity index (χ0n) is 14.7. The average molecular weight is 366 g/mol. The number of aliphatic imine (C=N–C) groups is 1. The molecular formula is C17H24ClN5O2. The zero-order valence-corrected chi connectivity index (χ0v) is 15.5. The third-order valence-electron chi connectivity index (χ3n) is 3.96. The molecule has 4 N–H and O–H groups in total. The number of fused-ring (bicyclic) bond motifs is 1. The number of carbonyl (C=O) groups excluding carboxylic acids is 1. The second-order valence-corrected chi connectivity index (χ2v) is 5.89. The maximum atomic E-state index is 12.1. The molecule has 0 aliphatic heterocycles. The van der Waals surface area contributed by atoms with Crippen LogP contribution in [0.2, 0.25) is 5.02 Å². The molecule has 0 aliphatic rings. The number of benzene rings is 1. The summed E-state index contributed by atoms with van der Waals surface area (Å²) in [6.45, 7) is 7.62. The van der Waals surface area contributed by atoms with Gasteiger partial charge in [0, 0.05) is 25.0 Å². The molecule has 136 valence electrons. The van der Waals surface area contributed by atoms with Crippen LogP contribution in [-0.2, 0) is 0 Å². The normalized spacial score (nSPS) is 12.0. The number of nitrogens with one attached hydrogen (secondary N) is 2. The smallest absolute Gasteiger partial charge is 0.274 e. The molecule has 0 bridgehead atoms. The van der Waals surface area contributed by atoms with E-state index in [0.717, 1.165) is 30.5 Å². The number of halogens is 1. The number of aromatic amines is 1. The predicted molar refractivity (Wildman–Crippen MR) is 102 cm³/mol. The monoisotopic (exact) mass is 365 g/mol. The highest BCUT2D eigenvalue weighted by Crippen LogP contribution is 2.29. The van der Waals surface area contributed by atoms with Crippen molar-refractivity contribution in [1.29, 1.82) is 0 Å². The van der Waals surface area contributed by atoms with Crippen molar-refractivity contribution in [3.05, 3.63) is 28.9 Å². The van der Waals surface area contributed by atoms with Gasteiger partial charge in [-0.05, 0) is 25.2 Å². The molecule has 1 aromatic carbocycles. The standard InChI is InChI=1S/C17H24ClN5O2/c1-4-23(5-2)6-7-25-11-8-13(18)12-10-15(21-14(12)9-11)16(24)22-17(19)20-3/h8-10,21H,4-7H2,1-3H3,(H3,19,20,22,24). The number of likely N-dealkylation sites (N-methyl/N-ethyl adjacent to an activating group) is 1. The van der Waals surface area contributed by atoms with E-state index in [1.54, 1.807) is 12.1 Å². The van der Waals surface area contributed by atoms with Gasteiger partial charge in [-0.3, -0.25) is 15.1 Å². The van der Waals surface area contributed by atoms with Gasteiger partial charge < -0.3 is 20.4 Å². The SMILES string of the molecule is CCN(CC)CCOc1cc(Cl)c2cc(C(=O)NC(N)=NC)[nH]c2c1. The lowest BCUT2D eigenvalue weighted by atomic mass is 10.2. The van der Waals surface area contributed by atoms with Gasteiger partial charge in [-0.2, -0.15) is 0 Å². The summed E-state index contributed by atoms with van der Waals surface area (Å²) in [5, 5.41) is 3.74. The van der Waals surface area contributed by atoms with Crippen molar-refractivity contribution < 1.29 is 9.53 Å². The van der Waals surface area contributed by atoms with E-state index in [1.807, 2.05) is 6.07 Å². The molecule has 0 radical (unpaired) electrons. The van der Waals surface area contributed by atoms with Crippen molar-refractivity contribution in [1.82, 2.24) is 15.2 Å². The van der Waals surface area contributed by atoms with E-state index >= 15 is 0 Å². The van der Waals surface area contributed by atoms with Crippen LogP contribution >= 0.6 is 11.6 Å². The molecule has 0 saturated heterocycles. The Morgan fingerprint density at radius 2 is 2.08 bits per heavy atom. The summed E-state index contributed by atoms with van der Waals surface area (Å²) in [6.07, 6.45) is 0. The number of H-pyrrole nitrogens is 1. The highest BCUT2D eigenvalue weighted by molar-refractivity contribution is 6.35. The largest absolute Gasteiger partial charge is 0.492 e. The number of guanidine groups is 1. The topological polar surface area (TPSA) is 95.7 Å². The van der Waals surface area contributed by atoms with Crippen LogP contribution in [0.5, 0.6) is 5.75 Å². The van der Waals surface area contributed by atoms with Crippen molar-refractivity contribution in [3.63, 3.8) is 0 Å². The van der Waals surface area contributed by atoms with Gasteiger partial charge in [0.05, 0.1) is 10.5 Å². The molecule has 25 heavy (non-hydrogen) atoms. The summed E-state index contributed by atoms with van der Waals surface area (Å²) in [5.74, 6) is 0.336. The average Bonchev–Trinajstić information content (AvgIpc) is 3.03. The Morgan fingerprint density at radius 3 is 2.72 bits per heavy atom. The number of nitrogens with zero attached hydrogens (tertiary/aromatic N) is 2. The van der Waals surface area contributed by atoms with E-state index in [2.05, 4.69) is 34.0 Å². The Balaban J connectivity index is 2.14. The van der Waals surface area contributed by atoms with Gasteiger partial charge >= 0.3 is 0 Å². The summed E-state index contributed by atoms with van der Waals surface area (Å²) in [4.78, 5) is 21.1. The lowest BCUT2D eigenvalue weighted by molar-refractivity contribution is 0.0972. The fraction of sp³-hybridized carbons (Fsp3) is 0.412. The Morgan fingerprint density at radius 1 is 1.36 bits per heavy atom. The summed E-state index contributed by atoms with van der Waals surface area (Å²) < 4.78 is 5.80. The van der Waals surface area contributed by atoms with Gasteiger partial charge in [0.1, 0.15) is 18.1 Å². The highest BCUT2D eigenvalue weighted by Gasteiger charge is 2.13. The van der Waals surface area contributed by atoms with Crippen molar-refractivity contribution in [3.8, 4) is 5.75 Å². The Labute approximate surface area is 152 Å². The van der Waals surface area contributed by atoms with Crippen LogP contribution in [0, 0.1) is 0 Å². The van der Waals surface area contributed by atoms with Gasteiger partial charge in [0.2, 0.25) is 0 Å². The van der Waals surface area contributed by atoms with Gasteiger partial charge in [-0.1, -0.05) is 25.4 Å². The molecule has 2 rings (SSSR count). The number of carbonyl (C=O) groups is 1. The molecule has 1 aromatic heterocycles. The fourth-order valence-corrected chi connectivity index (χ4v) is 2.71. The van der Waals surface area contributed by atoms with Crippen LogP contribution in [-0.4, -0.2) is 55.0 Å². The highest BCUT2D eigenvalue weighted by atomic mass is 35.5. The molecule has 7 nitrogen and oxygen atoms in total. The molecule has 0 saturated carbocycles. The molecule has 0 unspecified atom stereocenters. The number of nitrogens with two attached hydrogens (primary N) is 1. The van der Waals surface area contributed by atoms with Crippen molar-refractivity contribution >= 4 is 34.4 Å². The van der Waals surface area contributed by atoms with Gasteiger partial charge in [0.25, 0.3) is 5.91 Å². The zero-order chi connectivity index (χ0) is 18.4. The molecule has 0 atom stereocenters. The summed E-state index contributed by atoms with van der Waals surface area (Å²) in [6, 6.07) is 5.26. The molecule has 8 heteroatoms. The van der Waals surface area contributed by atoms with Crippen LogP contribution in [0.25, 0.3) is 10.9 Å². The molecule has 2 aromatic rings. The molecule has 0 fully saturated rings. The number of hydrogen-bond acceptors (Lipinski definition) is 4. The van der Waals surface area contributed by atoms with Gasteiger partial charge in [-0.25, -0.2) is 0 Å². The van der Waals surface area contributed by atoms with Crippen molar-refractivity contribution in [2.24, 2.45) is 10.7 Å². The summed E-state index contributed by atoms with van der Waals surface area (Å²) >= 11 is 6.32. The first kappa shape index (κ1) is 19.1. The van der Waals surface area contributed by atoms with Crippen LogP contribution in [0.1, 0.15) is 24.3 Å². The van der Waals surface area contributed by atoms with Gasteiger partial charge in [0.15, 0.2) is 5.96 Å². The van der Waals surface area contributed by atoms with E-state index in [1.165, 1.54) is 7.05 Å². The number of rotatable bonds is 7. The van der Waals surface area contributed by atoms with E-state index < -0.39 is 0 Å². The van der Waals surface area contributed by atoms with E-state index in [4.69, 9.17) is 22.1 Å². The molecule has 0 aliphatic carbocycles. The van der Waals surface area contributed by atoms with Crippen molar-refractivity contribution in [2.75, 3.05) is 33.3 Å². The molecule has 0 spiro atoms. The Hall–Kier alpha value is -2.25. The van der Waals surface area contributed by atoms with Crippen LogP contribution < -0.4 is 15.8 Å². The first-order chi connectivity index (χ1) is 12.0. The second kappa shape index (κ2) is 8.73. The van der Waals surface area contributed by atoms with E-state index in [9.17, 15) is 4.79 Å². The predicted octanol–water partition coefficient (Wildman–Crippen LogP) is 2.22. The van der Waals surface area contributed by atoms with Crippen LogP contribution in [0.15, 0.2) is 23.2 Å². The molecule has 1 heterocycles. The first-order valence-corrected chi connectivity index (χ1v) is 8.57. The van der Waals surface area contributed by atoms with Gasteiger partial charge in [-0.15, -0.1) is 0 Å². The second-order valence-electron chi connectivity index (χ2n) is 5.49.